The lowest BCUT2D eigenvalue weighted by molar-refractivity contribution is 0.423. The van der Waals surface area contributed by atoms with Crippen LogP contribution in [0.4, 0.5) is 4.39 Å². The van der Waals surface area contributed by atoms with Gasteiger partial charge in [-0.2, -0.15) is 0 Å². The Labute approximate surface area is 117 Å². The predicted molar refractivity (Wildman–Crippen MR) is 78.8 cm³/mol. The molecule has 0 aliphatic rings. The highest BCUT2D eigenvalue weighted by Crippen LogP contribution is 2.30. The molecule has 1 aromatic carbocycles. The SMILES string of the molecule is Cc1nc(CNC(C)(C)C)sc1-c1cccc(F)c1. The van der Waals surface area contributed by atoms with Crippen LogP contribution in [0.15, 0.2) is 24.3 Å². The number of rotatable bonds is 3. The molecule has 0 fully saturated rings. The molecule has 19 heavy (non-hydrogen) atoms. The Hall–Kier alpha value is -1.26. The standard InChI is InChI=1S/C15H19FN2S/c1-10-14(11-6-5-7-12(16)8-11)19-13(18-10)9-17-15(2,3)4/h5-8,17H,9H2,1-4H3. The van der Waals surface area contributed by atoms with E-state index in [2.05, 4.69) is 31.1 Å². The lowest BCUT2D eigenvalue weighted by atomic mass is 10.1. The molecule has 0 atom stereocenters. The fourth-order valence-corrected chi connectivity index (χ4v) is 2.77. The minimum atomic E-state index is -0.209. The van der Waals surface area contributed by atoms with Gasteiger partial charge in [-0.05, 0) is 45.4 Å². The van der Waals surface area contributed by atoms with Gasteiger partial charge in [-0.1, -0.05) is 12.1 Å². The Balaban J connectivity index is 2.22. The first-order chi connectivity index (χ1) is 8.85. The van der Waals surface area contributed by atoms with Crippen LogP contribution in [0.5, 0.6) is 0 Å². The van der Waals surface area contributed by atoms with Crippen molar-refractivity contribution >= 4 is 11.3 Å². The van der Waals surface area contributed by atoms with Crippen LogP contribution in [0.3, 0.4) is 0 Å². The smallest absolute Gasteiger partial charge is 0.123 e. The number of hydrogen-bond acceptors (Lipinski definition) is 3. The van der Waals surface area contributed by atoms with E-state index in [1.165, 1.54) is 6.07 Å². The molecule has 2 aromatic rings. The summed E-state index contributed by atoms with van der Waals surface area (Å²) in [7, 11) is 0. The van der Waals surface area contributed by atoms with Crippen LogP contribution in [0.25, 0.3) is 10.4 Å². The average Bonchev–Trinajstić information content (AvgIpc) is 2.67. The summed E-state index contributed by atoms with van der Waals surface area (Å²) in [4.78, 5) is 5.60. The molecule has 2 rings (SSSR count). The second-order valence-electron chi connectivity index (χ2n) is 5.64. The van der Waals surface area contributed by atoms with Gasteiger partial charge in [0.25, 0.3) is 0 Å². The Kier molecular flexibility index (Phi) is 4.02. The van der Waals surface area contributed by atoms with Gasteiger partial charge in [0.2, 0.25) is 0 Å². The zero-order valence-electron chi connectivity index (χ0n) is 11.7. The van der Waals surface area contributed by atoms with Gasteiger partial charge < -0.3 is 5.32 Å². The summed E-state index contributed by atoms with van der Waals surface area (Å²) < 4.78 is 13.3. The normalized spacial score (nSPS) is 11.8. The second-order valence-corrected chi connectivity index (χ2v) is 6.72. The van der Waals surface area contributed by atoms with Gasteiger partial charge in [-0.15, -0.1) is 11.3 Å². The molecular formula is C15H19FN2S. The van der Waals surface area contributed by atoms with Crippen LogP contribution in [-0.2, 0) is 6.54 Å². The molecule has 0 amide bonds. The molecule has 0 bridgehead atoms. The van der Waals surface area contributed by atoms with E-state index in [9.17, 15) is 4.39 Å². The second kappa shape index (κ2) is 5.39. The van der Waals surface area contributed by atoms with E-state index in [0.717, 1.165) is 27.7 Å². The topological polar surface area (TPSA) is 24.9 Å². The number of hydrogen-bond donors (Lipinski definition) is 1. The highest BCUT2D eigenvalue weighted by molar-refractivity contribution is 7.15. The van der Waals surface area contributed by atoms with Gasteiger partial charge >= 0.3 is 0 Å². The first-order valence-electron chi connectivity index (χ1n) is 6.32. The minimum absolute atomic E-state index is 0.0680. The molecule has 102 valence electrons. The summed E-state index contributed by atoms with van der Waals surface area (Å²) in [6, 6.07) is 6.67. The van der Waals surface area contributed by atoms with Crippen LogP contribution in [0.2, 0.25) is 0 Å². The maximum absolute atomic E-state index is 13.3. The van der Waals surface area contributed by atoms with Crippen LogP contribution >= 0.6 is 11.3 Å². The number of benzene rings is 1. The molecule has 4 heteroatoms. The van der Waals surface area contributed by atoms with Crippen LogP contribution in [0, 0.1) is 12.7 Å². The van der Waals surface area contributed by atoms with Crippen LogP contribution in [-0.4, -0.2) is 10.5 Å². The van der Waals surface area contributed by atoms with E-state index in [1.54, 1.807) is 23.5 Å². The number of aromatic nitrogens is 1. The van der Waals surface area contributed by atoms with Crippen molar-refractivity contribution in [3.63, 3.8) is 0 Å². The Morgan fingerprint density at radius 3 is 2.68 bits per heavy atom. The maximum atomic E-state index is 13.3. The van der Waals surface area contributed by atoms with E-state index in [0.29, 0.717) is 0 Å². The third-order valence-corrected chi connectivity index (χ3v) is 3.90. The van der Waals surface area contributed by atoms with Crippen LogP contribution < -0.4 is 5.32 Å². The zero-order chi connectivity index (χ0) is 14.0. The number of halogens is 1. The molecule has 0 unspecified atom stereocenters. The highest BCUT2D eigenvalue weighted by atomic mass is 32.1. The van der Waals surface area contributed by atoms with E-state index in [4.69, 9.17) is 0 Å². The number of nitrogens with one attached hydrogen (secondary N) is 1. The Morgan fingerprint density at radius 2 is 2.05 bits per heavy atom. The largest absolute Gasteiger partial charge is 0.306 e. The van der Waals surface area contributed by atoms with Crippen molar-refractivity contribution in [3.05, 3.63) is 40.8 Å². The van der Waals surface area contributed by atoms with Crippen molar-refractivity contribution in [2.75, 3.05) is 0 Å². The average molecular weight is 278 g/mol. The molecule has 0 aliphatic carbocycles. The lowest BCUT2D eigenvalue weighted by Gasteiger charge is -2.19. The van der Waals surface area contributed by atoms with Gasteiger partial charge in [-0.3, -0.25) is 0 Å². The molecule has 0 radical (unpaired) electrons. The van der Waals surface area contributed by atoms with Gasteiger partial charge in [-0.25, -0.2) is 9.37 Å². The van der Waals surface area contributed by atoms with Crippen molar-refractivity contribution in [3.8, 4) is 10.4 Å². The van der Waals surface area contributed by atoms with Crippen molar-refractivity contribution in [1.29, 1.82) is 0 Å². The van der Waals surface area contributed by atoms with E-state index >= 15 is 0 Å². The van der Waals surface area contributed by atoms with Crippen molar-refractivity contribution in [1.82, 2.24) is 10.3 Å². The molecule has 0 spiro atoms. The Morgan fingerprint density at radius 1 is 1.32 bits per heavy atom. The molecule has 1 N–H and O–H groups in total. The molecular weight excluding hydrogens is 259 g/mol. The molecule has 0 saturated heterocycles. The molecule has 1 aromatic heterocycles. The van der Waals surface area contributed by atoms with E-state index in [1.807, 2.05) is 13.0 Å². The monoisotopic (exact) mass is 278 g/mol. The minimum Gasteiger partial charge on any atom is -0.306 e. The van der Waals surface area contributed by atoms with Crippen molar-refractivity contribution in [2.45, 2.75) is 39.8 Å². The van der Waals surface area contributed by atoms with Crippen molar-refractivity contribution < 1.29 is 4.39 Å². The lowest BCUT2D eigenvalue weighted by Crippen LogP contribution is -2.35. The first-order valence-corrected chi connectivity index (χ1v) is 7.14. The van der Waals surface area contributed by atoms with Gasteiger partial charge in [0.15, 0.2) is 0 Å². The number of thiazole rings is 1. The Bertz CT molecular complexity index is 570. The van der Waals surface area contributed by atoms with E-state index in [-0.39, 0.29) is 11.4 Å². The van der Waals surface area contributed by atoms with E-state index < -0.39 is 0 Å². The summed E-state index contributed by atoms with van der Waals surface area (Å²) in [5, 5.41) is 4.45. The summed E-state index contributed by atoms with van der Waals surface area (Å²) in [6.07, 6.45) is 0. The fourth-order valence-electron chi connectivity index (χ4n) is 1.77. The fraction of sp³-hybridized carbons (Fsp3) is 0.400. The number of nitrogens with zero attached hydrogens (tertiary/aromatic N) is 1. The number of aryl methyl sites for hydroxylation is 1. The van der Waals surface area contributed by atoms with Crippen molar-refractivity contribution in [2.24, 2.45) is 0 Å². The third-order valence-electron chi connectivity index (χ3n) is 2.70. The zero-order valence-corrected chi connectivity index (χ0v) is 12.6. The third kappa shape index (κ3) is 3.85. The molecule has 1 heterocycles. The highest BCUT2D eigenvalue weighted by Gasteiger charge is 2.13. The van der Waals surface area contributed by atoms with Crippen LogP contribution in [0.1, 0.15) is 31.5 Å². The predicted octanol–water partition coefficient (Wildman–Crippen LogP) is 4.15. The van der Waals surface area contributed by atoms with Gasteiger partial charge in [0, 0.05) is 12.1 Å². The first kappa shape index (κ1) is 14.2. The quantitative estimate of drug-likeness (QED) is 0.912. The molecule has 0 aliphatic heterocycles. The van der Waals surface area contributed by atoms with Gasteiger partial charge in [0.1, 0.15) is 10.8 Å². The summed E-state index contributed by atoms with van der Waals surface area (Å²) in [5.74, 6) is -0.209. The molecule has 0 saturated carbocycles. The molecule has 2 nitrogen and oxygen atoms in total. The summed E-state index contributed by atoms with van der Waals surface area (Å²) in [5.41, 5.74) is 1.93. The maximum Gasteiger partial charge on any atom is 0.123 e. The summed E-state index contributed by atoms with van der Waals surface area (Å²) in [6.45, 7) is 9.09. The van der Waals surface area contributed by atoms with Gasteiger partial charge in [0.05, 0.1) is 10.6 Å². The summed E-state index contributed by atoms with van der Waals surface area (Å²) >= 11 is 1.62.